The minimum Gasteiger partial charge on any atom is -0.493 e. The molecule has 0 aliphatic carbocycles. The lowest BCUT2D eigenvalue weighted by atomic mass is 10.2. The van der Waals surface area contributed by atoms with E-state index in [-0.39, 0.29) is 25.0 Å². The average Bonchev–Trinajstić information content (AvgIpc) is 2.65. The second-order valence-electron chi connectivity index (χ2n) is 5.31. The molecule has 0 aromatic heterocycles. The number of amides is 2. The van der Waals surface area contributed by atoms with E-state index in [0.29, 0.717) is 28.4 Å². The number of rotatable bonds is 4. The normalized spacial score (nSPS) is 12.6. The summed E-state index contributed by atoms with van der Waals surface area (Å²) in [7, 11) is 1.45. The van der Waals surface area contributed by atoms with Gasteiger partial charge in [-0.3, -0.25) is 14.5 Å². The van der Waals surface area contributed by atoms with E-state index < -0.39 is 0 Å². The molecule has 0 unspecified atom stereocenters. The largest absolute Gasteiger partial charge is 0.493 e. The van der Waals surface area contributed by atoms with Gasteiger partial charge in [-0.05, 0) is 24.3 Å². The Labute approximate surface area is 144 Å². The van der Waals surface area contributed by atoms with Crippen molar-refractivity contribution < 1.29 is 19.1 Å². The zero-order valence-corrected chi connectivity index (χ0v) is 13.5. The Kier molecular flexibility index (Phi) is 4.53. The van der Waals surface area contributed by atoms with E-state index in [2.05, 4.69) is 5.32 Å². The maximum Gasteiger partial charge on any atom is 0.265 e. The van der Waals surface area contributed by atoms with Crippen LogP contribution in [0.25, 0.3) is 0 Å². The molecule has 1 aliphatic rings. The minimum atomic E-state index is -0.353. The summed E-state index contributed by atoms with van der Waals surface area (Å²) in [6.07, 6.45) is 0. The Morgan fingerprint density at radius 3 is 2.84 bits per heavy atom. The molecule has 7 heteroatoms. The van der Waals surface area contributed by atoms with Crippen molar-refractivity contribution >= 4 is 23.2 Å². The minimum absolute atomic E-state index is 0.0658. The van der Waals surface area contributed by atoms with Crippen molar-refractivity contribution in [2.24, 2.45) is 0 Å². The number of methoxy groups -OCH3 is 1. The lowest BCUT2D eigenvalue weighted by Gasteiger charge is -2.29. The van der Waals surface area contributed by atoms with Crippen LogP contribution in [0.15, 0.2) is 42.5 Å². The van der Waals surface area contributed by atoms with Crippen LogP contribution in [0.2, 0.25) is 0 Å². The molecule has 7 nitrogen and oxygen atoms in total. The average molecular weight is 337 g/mol. The number of nitriles is 1. The van der Waals surface area contributed by atoms with Crippen LogP contribution in [0.5, 0.6) is 11.5 Å². The van der Waals surface area contributed by atoms with Gasteiger partial charge in [-0.15, -0.1) is 0 Å². The van der Waals surface area contributed by atoms with Crippen molar-refractivity contribution in [1.82, 2.24) is 0 Å². The number of para-hydroxylation sites is 2. The number of carbonyl (C=O) groups excluding carboxylic acids is 2. The van der Waals surface area contributed by atoms with Gasteiger partial charge < -0.3 is 14.8 Å². The number of fused-ring (bicyclic) bond motifs is 1. The summed E-state index contributed by atoms with van der Waals surface area (Å²) in [6, 6.07) is 13.8. The van der Waals surface area contributed by atoms with Gasteiger partial charge in [0, 0.05) is 6.07 Å². The molecule has 0 radical (unpaired) electrons. The molecule has 0 bridgehead atoms. The molecule has 1 aliphatic heterocycles. The van der Waals surface area contributed by atoms with Crippen LogP contribution in [0.4, 0.5) is 11.4 Å². The molecular formula is C18H15N3O4. The van der Waals surface area contributed by atoms with Gasteiger partial charge in [-0.1, -0.05) is 12.1 Å². The third-order valence-corrected chi connectivity index (χ3v) is 3.72. The number of hydrogen-bond acceptors (Lipinski definition) is 5. The lowest BCUT2D eigenvalue weighted by Crippen LogP contribution is -2.44. The Hall–Kier alpha value is -3.53. The van der Waals surface area contributed by atoms with E-state index in [4.69, 9.17) is 14.7 Å². The standard InChI is InChI=1S/C18H15N3O4/c1-24-16-8-12(9-19)6-7-15(16)25-11-18(23)21-10-17(22)20-13-4-2-3-5-14(13)21/h2-8H,10-11H2,1H3,(H,20,22). The van der Waals surface area contributed by atoms with E-state index in [0.717, 1.165) is 0 Å². The molecule has 0 saturated carbocycles. The lowest BCUT2D eigenvalue weighted by molar-refractivity contribution is -0.123. The highest BCUT2D eigenvalue weighted by molar-refractivity contribution is 6.10. The molecule has 1 N–H and O–H groups in total. The Balaban J connectivity index is 1.76. The molecule has 2 amide bonds. The van der Waals surface area contributed by atoms with Crippen LogP contribution in [-0.4, -0.2) is 32.1 Å². The van der Waals surface area contributed by atoms with Gasteiger partial charge in [0.15, 0.2) is 18.1 Å². The van der Waals surface area contributed by atoms with E-state index in [9.17, 15) is 9.59 Å². The van der Waals surface area contributed by atoms with Gasteiger partial charge in [0.2, 0.25) is 5.91 Å². The molecule has 1 heterocycles. The van der Waals surface area contributed by atoms with Crippen molar-refractivity contribution in [2.45, 2.75) is 0 Å². The first-order valence-corrected chi connectivity index (χ1v) is 7.52. The van der Waals surface area contributed by atoms with Gasteiger partial charge in [-0.25, -0.2) is 0 Å². The number of nitrogens with zero attached hydrogens (tertiary/aromatic N) is 2. The molecule has 0 saturated heterocycles. The van der Waals surface area contributed by atoms with Crippen LogP contribution < -0.4 is 19.7 Å². The van der Waals surface area contributed by atoms with Gasteiger partial charge in [-0.2, -0.15) is 5.26 Å². The Morgan fingerprint density at radius 1 is 1.28 bits per heavy atom. The number of hydrogen-bond donors (Lipinski definition) is 1. The Morgan fingerprint density at radius 2 is 2.08 bits per heavy atom. The molecule has 0 spiro atoms. The van der Waals surface area contributed by atoms with Gasteiger partial charge in [0.1, 0.15) is 6.54 Å². The fourth-order valence-corrected chi connectivity index (χ4v) is 2.53. The molecule has 126 valence electrons. The molecular weight excluding hydrogens is 322 g/mol. The van der Waals surface area contributed by atoms with Crippen LogP contribution in [0.3, 0.4) is 0 Å². The van der Waals surface area contributed by atoms with Gasteiger partial charge in [0.25, 0.3) is 5.91 Å². The van der Waals surface area contributed by atoms with Crippen molar-refractivity contribution in [3.05, 3.63) is 48.0 Å². The van der Waals surface area contributed by atoms with Crippen LogP contribution in [0.1, 0.15) is 5.56 Å². The number of carbonyl (C=O) groups is 2. The molecule has 0 fully saturated rings. The molecule has 2 aromatic carbocycles. The first-order chi connectivity index (χ1) is 12.1. The highest BCUT2D eigenvalue weighted by Crippen LogP contribution is 2.30. The SMILES string of the molecule is COc1cc(C#N)ccc1OCC(=O)N1CC(=O)Nc2ccccc21. The van der Waals surface area contributed by atoms with Crippen molar-refractivity contribution in [3.63, 3.8) is 0 Å². The summed E-state index contributed by atoms with van der Waals surface area (Å²) >= 11 is 0. The van der Waals surface area contributed by atoms with Crippen LogP contribution >= 0.6 is 0 Å². The summed E-state index contributed by atoms with van der Waals surface area (Å²) in [5.41, 5.74) is 1.64. The molecule has 0 atom stereocenters. The second kappa shape index (κ2) is 6.93. The van der Waals surface area contributed by atoms with Crippen LogP contribution in [0, 0.1) is 11.3 Å². The van der Waals surface area contributed by atoms with E-state index >= 15 is 0 Å². The molecule has 3 rings (SSSR count). The van der Waals surface area contributed by atoms with Crippen molar-refractivity contribution in [3.8, 4) is 17.6 Å². The first-order valence-electron chi connectivity index (χ1n) is 7.52. The predicted molar refractivity (Wildman–Crippen MR) is 90.6 cm³/mol. The maximum atomic E-state index is 12.5. The van der Waals surface area contributed by atoms with Crippen molar-refractivity contribution in [1.29, 1.82) is 5.26 Å². The van der Waals surface area contributed by atoms with Gasteiger partial charge in [0.05, 0.1) is 30.1 Å². The Bertz CT molecular complexity index is 873. The zero-order chi connectivity index (χ0) is 17.8. The number of benzene rings is 2. The summed E-state index contributed by atoms with van der Waals surface area (Å²) < 4.78 is 10.7. The first kappa shape index (κ1) is 16.3. The molecule has 25 heavy (non-hydrogen) atoms. The smallest absolute Gasteiger partial charge is 0.265 e. The van der Waals surface area contributed by atoms with Crippen molar-refractivity contribution in [2.75, 3.05) is 30.5 Å². The van der Waals surface area contributed by atoms with E-state index in [1.807, 2.05) is 6.07 Å². The summed E-state index contributed by atoms with van der Waals surface area (Å²) in [5.74, 6) is 0.102. The monoisotopic (exact) mass is 337 g/mol. The predicted octanol–water partition coefficient (Wildman–Crippen LogP) is 1.93. The highest BCUT2D eigenvalue weighted by atomic mass is 16.5. The second-order valence-corrected chi connectivity index (χ2v) is 5.31. The summed E-state index contributed by atoms with van der Waals surface area (Å²) in [4.78, 5) is 25.7. The number of ether oxygens (including phenoxy) is 2. The summed E-state index contributed by atoms with van der Waals surface area (Å²) in [5, 5.41) is 11.6. The van der Waals surface area contributed by atoms with Crippen LogP contribution in [-0.2, 0) is 9.59 Å². The number of nitrogens with one attached hydrogen (secondary N) is 1. The molecule has 2 aromatic rings. The third-order valence-electron chi connectivity index (χ3n) is 3.72. The number of anilines is 2. The van der Waals surface area contributed by atoms with E-state index in [1.165, 1.54) is 18.1 Å². The quantitative estimate of drug-likeness (QED) is 0.920. The zero-order valence-electron chi connectivity index (χ0n) is 13.5. The highest BCUT2D eigenvalue weighted by Gasteiger charge is 2.27. The topological polar surface area (TPSA) is 91.7 Å². The van der Waals surface area contributed by atoms with E-state index in [1.54, 1.807) is 36.4 Å². The third kappa shape index (κ3) is 3.38. The summed E-state index contributed by atoms with van der Waals surface area (Å²) in [6.45, 7) is -0.326. The fraction of sp³-hybridized carbons (Fsp3) is 0.167. The fourth-order valence-electron chi connectivity index (χ4n) is 2.53. The van der Waals surface area contributed by atoms with Gasteiger partial charge >= 0.3 is 0 Å². The maximum absolute atomic E-state index is 12.5.